The first-order valence-corrected chi connectivity index (χ1v) is 8.12. The van der Waals surface area contributed by atoms with Crippen LogP contribution in [0.4, 0.5) is 4.39 Å². The average Bonchev–Trinajstić information content (AvgIpc) is 3.27. The zero-order valence-corrected chi connectivity index (χ0v) is 12.9. The number of nitrogens with one attached hydrogen (secondary N) is 1. The van der Waals surface area contributed by atoms with E-state index in [0.29, 0.717) is 43.6 Å². The van der Waals surface area contributed by atoms with Crippen molar-refractivity contribution in [2.24, 2.45) is 0 Å². The Kier molecular flexibility index (Phi) is 2.66. The third-order valence-corrected chi connectivity index (χ3v) is 5.47. The van der Waals surface area contributed by atoms with Crippen molar-refractivity contribution in [2.45, 2.75) is 24.6 Å². The first-order chi connectivity index (χ1) is 11.6. The van der Waals surface area contributed by atoms with Gasteiger partial charge in [0.15, 0.2) is 5.72 Å². The van der Waals surface area contributed by atoms with Gasteiger partial charge in [-0.2, -0.15) is 0 Å². The van der Waals surface area contributed by atoms with E-state index in [-0.39, 0.29) is 23.7 Å². The summed E-state index contributed by atoms with van der Waals surface area (Å²) in [6.07, 6.45) is 0.949. The molecule has 7 heteroatoms. The molecular weight excluding hydrogens is 313 g/mol. The second-order valence-electron chi connectivity index (χ2n) is 6.62. The van der Waals surface area contributed by atoms with Crippen LogP contribution in [0.3, 0.4) is 0 Å². The maximum absolute atomic E-state index is 13.3. The molecule has 3 fully saturated rings. The topological polar surface area (TPSA) is 65.6 Å². The molecule has 0 bridgehead atoms. The number of hydrogen-bond donors (Lipinski definition) is 1. The molecule has 2 atom stereocenters. The maximum Gasteiger partial charge on any atom is 0.270 e. The average molecular weight is 329 g/mol. The van der Waals surface area contributed by atoms with E-state index in [1.807, 2.05) is 0 Å². The number of carbonyl (C=O) groups is 2. The Balaban J connectivity index is 1.50. The second-order valence-corrected chi connectivity index (χ2v) is 6.62. The number of likely N-dealkylation sites (tertiary alicyclic amines) is 1. The standard InChI is InChI=1S/C17H16FN3O3/c18-11-1-2-12-10(7-11)8-13(19-12)16(23)20-4-3-17-14(20)9-15(22)21(17)5-6-24-17/h1-2,7-8,14,19H,3-6,9H2/t14-,17+/m1/s1. The maximum atomic E-state index is 13.3. The van der Waals surface area contributed by atoms with Gasteiger partial charge in [-0.15, -0.1) is 0 Å². The molecule has 0 unspecified atom stereocenters. The zero-order chi connectivity index (χ0) is 16.5. The highest BCUT2D eigenvalue weighted by molar-refractivity contribution is 5.99. The third-order valence-electron chi connectivity index (χ3n) is 5.47. The molecule has 2 aromatic rings. The molecule has 3 aliphatic rings. The quantitative estimate of drug-likeness (QED) is 0.862. The highest BCUT2D eigenvalue weighted by Crippen LogP contribution is 2.45. The van der Waals surface area contributed by atoms with Crippen LogP contribution in [-0.2, 0) is 9.53 Å². The Morgan fingerprint density at radius 1 is 1.33 bits per heavy atom. The van der Waals surface area contributed by atoms with Crippen LogP contribution in [0, 0.1) is 5.82 Å². The van der Waals surface area contributed by atoms with E-state index in [1.54, 1.807) is 21.9 Å². The van der Waals surface area contributed by atoms with Crippen LogP contribution >= 0.6 is 0 Å². The molecule has 0 radical (unpaired) electrons. The van der Waals surface area contributed by atoms with Crippen molar-refractivity contribution >= 4 is 22.7 Å². The fourth-order valence-electron chi connectivity index (χ4n) is 4.41. The lowest BCUT2D eigenvalue weighted by atomic mass is 10.1. The minimum absolute atomic E-state index is 0.0497. The number of amides is 2. The van der Waals surface area contributed by atoms with Gasteiger partial charge in [0, 0.05) is 30.4 Å². The number of aromatic nitrogens is 1. The van der Waals surface area contributed by atoms with Gasteiger partial charge < -0.3 is 19.5 Å². The lowest BCUT2D eigenvalue weighted by Crippen LogP contribution is -2.48. The summed E-state index contributed by atoms with van der Waals surface area (Å²) >= 11 is 0. The molecular formula is C17H16FN3O3. The van der Waals surface area contributed by atoms with Gasteiger partial charge in [0.25, 0.3) is 5.91 Å². The van der Waals surface area contributed by atoms with Crippen molar-refractivity contribution in [3.63, 3.8) is 0 Å². The number of benzene rings is 1. The van der Waals surface area contributed by atoms with Crippen LogP contribution in [-0.4, -0.2) is 58.1 Å². The van der Waals surface area contributed by atoms with E-state index in [9.17, 15) is 14.0 Å². The van der Waals surface area contributed by atoms with Gasteiger partial charge in [-0.3, -0.25) is 9.59 Å². The van der Waals surface area contributed by atoms with E-state index in [4.69, 9.17) is 4.74 Å². The van der Waals surface area contributed by atoms with Gasteiger partial charge in [-0.05, 0) is 24.3 Å². The molecule has 1 N–H and O–H groups in total. The number of hydrogen-bond acceptors (Lipinski definition) is 3. The predicted molar refractivity (Wildman–Crippen MR) is 82.7 cm³/mol. The smallest absolute Gasteiger partial charge is 0.270 e. The summed E-state index contributed by atoms with van der Waals surface area (Å²) in [5, 5.41) is 0.661. The normalized spacial score (nSPS) is 28.7. The molecule has 1 aromatic heterocycles. The number of carbonyl (C=O) groups excluding carboxylic acids is 2. The lowest BCUT2D eigenvalue weighted by molar-refractivity contribution is -0.136. The fraction of sp³-hybridized carbons (Fsp3) is 0.412. The summed E-state index contributed by atoms with van der Waals surface area (Å²) in [5.41, 5.74) is 0.497. The number of halogens is 1. The van der Waals surface area contributed by atoms with Crippen LogP contribution in [0.5, 0.6) is 0 Å². The van der Waals surface area contributed by atoms with E-state index < -0.39 is 5.72 Å². The first-order valence-electron chi connectivity index (χ1n) is 8.12. The number of ether oxygens (including phenoxy) is 1. The van der Waals surface area contributed by atoms with E-state index in [2.05, 4.69) is 4.98 Å². The Bertz CT molecular complexity index is 879. The van der Waals surface area contributed by atoms with Gasteiger partial charge >= 0.3 is 0 Å². The van der Waals surface area contributed by atoms with Gasteiger partial charge in [0.2, 0.25) is 5.91 Å². The molecule has 3 saturated heterocycles. The summed E-state index contributed by atoms with van der Waals surface area (Å²) in [7, 11) is 0. The lowest BCUT2D eigenvalue weighted by Gasteiger charge is -2.31. The summed E-state index contributed by atoms with van der Waals surface area (Å²) in [6, 6.07) is 5.79. The van der Waals surface area contributed by atoms with Crippen LogP contribution < -0.4 is 0 Å². The molecule has 4 heterocycles. The molecule has 1 aromatic carbocycles. The Hall–Kier alpha value is -2.41. The van der Waals surface area contributed by atoms with Crippen LogP contribution in [0.1, 0.15) is 23.3 Å². The van der Waals surface area contributed by atoms with Crippen LogP contribution in [0.2, 0.25) is 0 Å². The predicted octanol–water partition coefficient (Wildman–Crippen LogP) is 1.48. The minimum atomic E-state index is -0.634. The molecule has 5 rings (SSSR count). The van der Waals surface area contributed by atoms with E-state index in [0.717, 1.165) is 5.52 Å². The highest BCUT2D eigenvalue weighted by atomic mass is 19.1. The monoisotopic (exact) mass is 329 g/mol. The van der Waals surface area contributed by atoms with Gasteiger partial charge in [-0.25, -0.2) is 4.39 Å². The minimum Gasteiger partial charge on any atom is -0.351 e. The van der Waals surface area contributed by atoms with Crippen molar-refractivity contribution in [1.82, 2.24) is 14.8 Å². The number of nitrogens with zero attached hydrogens (tertiary/aromatic N) is 2. The first kappa shape index (κ1) is 14.0. The summed E-state index contributed by atoms with van der Waals surface area (Å²) in [6.45, 7) is 1.68. The molecule has 0 saturated carbocycles. The zero-order valence-electron chi connectivity index (χ0n) is 12.9. The van der Waals surface area contributed by atoms with Crippen LogP contribution in [0.25, 0.3) is 10.9 Å². The molecule has 0 aliphatic carbocycles. The van der Waals surface area contributed by atoms with Gasteiger partial charge in [-0.1, -0.05) is 0 Å². The Morgan fingerprint density at radius 3 is 3.08 bits per heavy atom. The molecule has 124 valence electrons. The van der Waals surface area contributed by atoms with E-state index in [1.165, 1.54) is 12.1 Å². The number of H-pyrrole nitrogens is 1. The second kappa shape index (κ2) is 4.57. The summed E-state index contributed by atoms with van der Waals surface area (Å²) < 4.78 is 19.2. The molecule has 3 aliphatic heterocycles. The Morgan fingerprint density at radius 2 is 2.21 bits per heavy atom. The molecule has 2 amide bonds. The number of rotatable bonds is 1. The van der Waals surface area contributed by atoms with Crippen molar-refractivity contribution in [3.05, 3.63) is 35.8 Å². The molecule has 24 heavy (non-hydrogen) atoms. The largest absolute Gasteiger partial charge is 0.351 e. The molecule has 1 spiro atoms. The van der Waals surface area contributed by atoms with Crippen molar-refractivity contribution in [2.75, 3.05) is 19.7 Å². The van der Waals surface area contributed by atoms with Crippen LogP contribution in [0.15, 0.2) is 24.3 Å². The Labute approximate surface area is 137 Å². The van der Waals surface area contributed by atoms with Crippen molar-refractivity contribution < 1.29 is 18.7 Å². The van der Waals surface area contributed by atoms with Gasteiger partial charge in [0.05, 0.1) is 19.1 Å². The highest BCUT2D eigenvalue weighted by Gasteiger charge is 2.62. The number of aromatic amines is 1. The number of fused-ring (bicyclic) bond motifs is 1. The van der Waals surface area contributed by atoms with E-state index >= 15 is 0 Å². The van der Waals surface area contributed by atoms with Crippen molar-refractivity contribution in [1.29, 1.82) is 0 Å². The third kappa shape index (κ3) is 1.67. The SMILES string of the molecule is O=C(c1cc2cc(F)ccc2[nH]1)N1CC[C@@]23OCCN2C(=O)C[C@@H]13. The van der Waals surface area contributed by atoms with Crippen molar-refractivity contribution in [3.8, 4) is 0 Å². The fourth-order valence-corrected chi connectivity index (χ4v) is 4.41. The van der Waals surface area contributed by atoms with Gasteiger partial charge in [0.1, 0.15) is 11.5 Å². The summed E-state index contributed by atoms with van der Waals surface area (Å²) in [5.74, 6) is -0.454. The molecule has 6 nitrogen and oxygen atoms in total. The summed E-state index contributed by atoms with van der Waals surface area (Å²) in [4.78, 5) is 31.7.